The number of nitrogens with zero attached hydrogens (tertiary/aromatic N) is 3. The van der Waals surface area contributed by atoms with Crippen LogP contribution < -0.4 is 19.7 Å². The molecule has 0 bridgehead atoms. The number of likely N-dealkylation sites (tertiary alicyclic amines) is 1. The highest BCUT2D eigenvalue weighted by Crippen LogP contribution is 2.49. The summed E-state index contributed by atoms with van der Waals surface area (Å²) in [6.07, 6.45) is 9.93. The lowest BCUT2D eigenvalue weighted by molar-refractivity contribution is -0.125. The van der Waals surface area contributed by atoms with Gasteiger partial charge in [0.25, 0.3) is 5.91 Å². The fourth-order valence-corrected chi connectivity index (χ4v) is 10.4. The van der Waals surface area contributed by atoms with Gasteiger partial charge in [0.1, 0.15) is 35.4 Å². The van der Waals surface area contributed by atoms with Gasteiger partial charge in [-0.2, -0.15) is 0 Å². The molecule has 61 heavy (non-hydrogen) atoms. The highest BCUT2D eigenvalue weighted by atomic mass is 19.1. The molecule has 0 saturated carbocycles. The third-order valence-corrected chi connectivity index (χ3v) is 14.1. The number of hydrogen-bond donors (Lipinski definition) is 2. The average Bonchev–Trinajstić information content (AvgIpc) is 3.83. The molecule has 0 aromatic heterocycles. The van der Waals surface area contributed by atoms with Gasteiger partial charge in [-0.1, -0.05) is 42.5 Å². The quantitative estimate of drug-likeness (QED) is 0.149. The van der Waals surface area contributed by atoms with Gasteiger partial charge < -0.3 is 39.4 Å². The minimum atomic E-state index is -0.686. The van der Waals surface area contributed by atoms with E-state index in [1.807, 2.05) is 12.1 Å². The fourth-order valence-electron chi connectivity index (χ4n) is 10.4. The number of phenolic OH excluding ortho intramolecular Hbond substituents is 1. The van der Waals surface area contributed by atoms with Crippen LogP contribution in [-0.2, 0) is 34.4 Å². The molecule has 11 heteroatoms. The Hall–Kier alpha value is -5.42. The average molecular weight is 831 g/mol. The molecule has 2 N–H and O–H groups in total. The van der Waals surface area contributed by atoms with E-state index in [9.17, 15) is 23.9 Å². The third-order valence-electron chi connectivity index (χ3n) is 14.1. The molecule has 10 nitrogen and oxygen atoms in total. The first kappa shape index (κ1) is 42.3. The van der Waals surface area contributed by atoms with E-state index in [0.717, 1.165) is 95.3 Å². The van der Waals surface area contributed by atoms with Gasteiger partial charge in [0.05, 0.1) is 25.9 Å². The number of piperidine rings is 2. The van der Waals surface area contributed by atoms with Gasteiger partial charge in [0.15, 0.2) is 0 Å². The first-order chi connectivity index (χ1) is 29.7. The number of phenols is 1. The molecule has 4 heterocycles. The number of nitrogens with one attached hydrogen (secondary N) is 1. The van der Waals surface area contributed by atoms with Crippen molar-refractivity contribution in [2.45, 2.75) is 88.1 Å². The summed E-state index contributed by atoms with van der Waals surface area (Å²) in [6.45, 7) is 5.72. The first-order valence-corrected chi connectivity index (χ1v) is 22.1. The monoisotopic (exact) mass is 830 g/mol. The lowest BCUT2D eigenvalue weighted by Crippen LogP contribution is -2.46. The molecule has 2 amide bonds. The molecule has 4 aromatic carbocycles. The molecule has 1 spiro atoms. The number of carbonyl (C=O) groups excluding carboxylic acids is 3. The number of anilines is 1. The second kappa shape index (κ2) is 18.7. The number of aryl methyl sites for hydroxylation is 1. The van der Waals surface area contributed by atoms with E-state index in [2.05, 4.69) is 57.6 Å². The number of benzene rings is 4. The van der Waals surface area contributed by atoms with Crippen LogP contribution in [0.4, 0.5) is 10.1 Å². The Bertz CT molecular complexity index is 2200. The second-order valence-electron chi connectivity index (χ2n) is 17.5. The van der Waals surface area contributed by atoms with Crippen LogP contribution in [0, 0.1) is 11.7 Å². The third kappa shape index (κ3) is 8.99. The van der Waals surface area contributed by atoms with E-state index in [1.54, 1.807) is 37.3 Å². The van der Waals surface area contributed by atoms with Crippen LogP contribution in [0.1, 0.15) is 95.5 Å². The van der Waals surface area contributed by atoms with Crippen LogP contribution in [0.5, 0.6) is 17.2 Å². The number of methoxy groups -OCH3 is 1. The van der Waals surface area contributed by atoms with Crippen molar-refractivity contribution in [3.63, 3.8) is 0 Å². The number of aromatic hydroxyl groups is 1. The van der Waals surface area contributed by atoms with Crippen LogP contribution in [0.15, 0.2) is 78.9 Å². The van der Waals surface area contributed by atoms with Crippen molar-refractivity contribution < 1.29 is 33.4 Å². The fraction of sp³-hybridized carbons (Fsp3) is 0.460. The van der Waals surface area contributed by atoms with Gasteiger partial charge in [-0.05, 0) is 136 Å². The zero-order valence-corrected chi connectivity index (χ0v) is 35.5. The molecule has 322 valence electrons. The number of amides is 2. The molecule has 5 aliphatic rings. The summed E-state index contributed by atoms with van der Waals surface area (Å²) in [5, 5.41) is 12.1. The minimum absolute atomic E-state index is 0.0544. The van der Waals surface area contributed by atoms with Gasteiger partial charge in [-0.25, -0.2) is 4.39 Å². The minimum Gasteiger partial charge on any atom is -0.508 e. The van der Waals surface area contributed by atoms with Gasteiger partial charge in [0, 0.05) is 54.7 Å². The summed E-state index contributed by atoms with van der Waals surface area (Å²) in [5.74, 6) is 2.53. The van der Waals surface area contributed by atoms with Crippen molar-refractivity contribution in [2.75, 3.05) is 58.4 Å². The predicted molar refractivity (Wildman–Crippen MR) is 234 cm³/mol. The van der Waals surface area contributed by atoms with Crippen LogP contribution in [-0.4, -0.2) is 92.5 Å². The molecule has 0 unspecified atom stereocenters. The van der Waals surface area contributed by atoms with Gasteiger partial charge in [-0.3, -0.25) is 9.59 Å². The van der Waals surface area contributed by atoms with Crippen molar-refractivity contribution in [1.29, 1.82) is 0 Å². The Labute approximate surface area is 359 Å². The first-order valence-electron chi connectivity index (χ1n) is 22.1. The number of ether oxygens (including phenoxy) is 2. The normalized spacial score (nSPS) is 19.9. The Morgan fingerprint density at radius 2 is 1.79 bits per heavy atom. The summed E-state index contributed by atoms with van der Waals surface area (Å²) < 4.78 is 26.1. The SMILES string of the molecule is CNC(=O)[C@H](CCC=O)N1Cc2c(ccc3c2OCC32CCN(CCC3CCN(c4cc(OC)ccc4F)CC3)CC2)C1=O.Oc1ccc2c(c1)CC[C@H](c1ccccc1)C2. The maximum Gasteiger partial charge on any atom is 0.255 e. The van der Waals surface area contributed by atoms with Crippen LogP contribution >= 0.6 is 0 Å². The summed E-state index contributed by atoms with van der Waals surface area (Å²) in [5.41, 5.74) is 7.38. The number of hydrogen-bond acceptors (Lipinski definition) is 8. The van der Waals surface area contributed by atoms with E-state index in [-0.39, 0.29) is 29.5 Å². The predicted octanol–water partition coefficient (Wildman–Crippen LogP) is 7.58. The van der Waals surface area contributed by atoms with Crippen molar-refractivity contribution >= 4 is 23.8 Å². The number of rotatable bonds is 11. The summed E-state index contributed by atoms with van der Waals surface area (Å²) >= 11 is 0. The second-order valence-corrected chi connectivity index (χ2v) is 17.5. The smallest absolute Gasteiger partial charge is 0.255 e. The van der Waals surface area contributed by atoms with E-state index in [0.29, 0.717) is 54.2 Å². The van der Waals surface area contributed by atoms with Crippen LogP contribution in [0.25, 0.3) is 0 Å². The van der Waals surface area contributed by atoms with Crippen molar-refractivity contribution in [2.24, 2.45) is 5.92 Å². The number of aldehydes is 1. The molecular formula is C50H59FN4O6. The number of likely N-dealkylation sites (N-methyl/N-ethyl adjacent to an activating group) is 1. The molecule has 1 aliphatic carbocycles. The Balaban J connectivity index is 0.000000250. The number of fused-ring (bicyclic) bond motifs is 5. The molecule has 4 aliphatic heterocycles. The van der Waals surface area contributed by atoms with Gasteiger partial charge >= 0.3 is 0 Å². The molecule has 2 fully saturated rings. The molecular weight excluding hydrogens is 772 g/mol. The molecule has 2 saturated heterocycles. The molecule has 2 atom stereocenters. The van der Waals surface area contributed by atoms with Crippen molar-refractivity contribution in [3.05, 3.63) is 118 Å². The van der Waals surface area contributed by atoms with E-state index < -0.39 is 6.04 Å². The Morgan fingerprint density at radius 3 is 2.52 bits per heavy atom. The van der Waals surface area contributed by atoms with Gasteiger partial charge in [-0.15, -0.1) is 0 Å². The van der Waals surface area contributed by atoms with E-state index >= 15 is 0 Å². The van der Waals surface area contributed by atoms with Crippen LogP contribution in [0.2, 0.25) is 0 Å². The Kier molecular flexibility index (Phi) is 12.9. The Morgan fingerprint density at radius 1 is 1.00 bits per heavy atom. The highest BCUT2D eigenvalue weighted by Gasteiger charge is 2.47. The lowest BCUT2D eigenvalue weighted by atomic mass is 9.74. The van der Waals surface area contributed by atoms with E-state index in [4.69, 9.17) is 9.47 Å². The van der Waals surface area contributed by atoms with Crippen molar-refractivity contribution in [1.82, 2.24) is 15.1 Å². The zero-order valence-electron chi connectivity index (χ0n) is 35.5. The molecule has 4 aromatic rings. The maximum atomic E-state index is 14.5. The molecule has 0 radical (unpaired) electrons. The largest absolute Gasteiger partial charge is 0.508 e. The summed E-state index contributed by atoms with van der Waals surface area (Å²) in [4.78, 5) is 43.2. The van der Waals surface area contributed by atoms with Crippen LogP contribution in [0.3, 0.4) is 0 Å². The van der Waals surface area contributed by atoms with Gasteiger partial charge in [0.2, 0.25) is 5.91 Å². The molecule has 9 rings (SSSR count). The zero-order chi connectivity index (χ0) is 42.5. The maximum absolute atomic E-state index is 14.5. The topological polar surface area (TPSA) is 112 Å². The summed E-state index contributed by atoms with van der Waals surface area (Å²) in [6, 6.07) is 24.7. The highest BCUT2D eigenvalue weighted by molar-refractivity contribution is 6.02. The summed E-state index contributed by atoms with van der Waals surface area (Å²) in [7, 11) is 3.16. The standard InChI is InChI=1S/C34H43FN4O5.C16H16O/c1-36-32(41)29(4-3-19-40)39-21-26-25(33(39)42)6-7-27-31(26)44-22-34(27)12-17-37(18-13-34)14-9-23-10-15-38(16-11-23)30-20-24(43-2)5-8-28(30)35;17-16-9-8-14-10-13(6-7-15(14)11-16)12-4-2-1-3-5-12/h5-8,19-20,23,29H,3-4,9-18,21-22H2,1-2H3,(H,36,41);1-5,8-9,11,13,17H,6-7,10H2/t29-;13-/m00/s1. The van der Waals surface area contributed by atoms with E-state index in [1.165, 1.54) is 34.7 Å². The van der Waals surface area contributed by atoms with Crippen molar-refractivity contribution in [3.8, 4) is 17.2 Å². The lowest BCUT2D eigenvalue weighted by Gasteiger charge is -2.39. The number of carbonyl (C=O) groups is 3. The number of halogens is 1.